The first kappa shape index (κ1) is 17.1. The maximum absolute atomic E-state index is 11.7. The Kier molecular flexibility index (Phi) is 8.03. The second-order valence-electron chi connectivity index (χ2n) is 3.92. The number of rotatable bonds is 10. The minimum Gasteiger partial charge on any atom is -0.545 e. The van der Waals surface area contributed by atoms with Gasteiger partial charge in [0.25, 0.3) is 0 Å². The van der Waals surface area contributed by atoms with Crippen molar-refractivity contribution in [2.24, 2.45) is 0 Å². The van der Waals surface area contributed by atoms with E-state index in [9.17, 15) is 14.7 Å². The van der Waals surface area contributed by atoms with E-state index in [1.165, 1.54) is 24.3 Å². The van der Waals surface area contributed by atoms with Crippen LogP contribution < -0.4 is 5.11 Å². The highest BCUT2D eigenvalue weighted by Gasteiger charge is 2.12. The molecular formula is C14H17O7-. The van der Waals surface area contributed by atoms with E-state index in [1.807, 2.05) is 0 Å². The second kappa shape index (κ2) is 9.87. The number of ether oxygens (including phenoxy) is 3. The summed E-state index contributed by atoms with van der Waals surface area (Å²) in [6, 6.07) is 5.67. The zero-order valence-electron chi connectivity index (χ0n) is 11.4. The molecule has 116 valence electrons. The average molecular weight is 297 g/mol. The van der Waals surface area contributed by atoms with Crippen LogP contribution in [0, 0.1) is 0 Å². The Bertz CT molecular complexity index is 458. The predicted molar refractivity (Wildman–Crippen MR) is 69.8 cm³/mol. The Morgan fingerprint density at radius 1 is 0.952 bits per heavy atom. The lowest BCUT2D eigenvalue weighted by atomic mass is 10.1. The van der Waals surface area contributed by atoms with Gasteiger partial charge in [0.05, 0.1) is 44.6 Å². The summed E-state index contributed by atoms with van der Waals surface area (Å²) in [5, 5.41) is 19.3. The summed E-state index contributed by atoms with van der Waals surface area (Å²) in [6.07, 6.45) is 0. The van der Waals surface area contributed by atoms with E-state index < -0.39 is 11.9 Å². The molecule has 0 aromatic heterocycles. The molecule has 0 aliphatic rings. The van der Waals surface area contributed by atoms with Crippen molar-refractivity contribution >= 4 is 11.9 Å². The molecule has 0 atom stereocenters. The van der Waals surface area contributed by atoms with Gasteiger partial charge < -0.3 is 29.2 Å². The first-order valence-electron chi connectivity index (χ1n) is 6.40. The van der Waals surface area contributed by atoms with Crippen LogP contribution in [0.4, 0.5) is 0 Å². The molecule has 0 amide bonds. The fraction of sp³-hybridized carbons (Fsp3) is 0.429. The van der Waals surface area contributed by atoms with Crippen LogP contribution >= 0.6 is 0 Å². The molecule has 1 rings (SSSR count). The molecule has 1 N–H and O–H groups in total. The molecule has 0 saturated heterocycles. The number of benzene rings is 1. The molecule has 0 aliphatic heterocycles. The van der Waals surface area contributed by atoms with E-state index in [1.54, 1.807) is 0 Å². The lowest BCUT2D eigenvalue weighted by molar-refractivity contribution is -0.255. The Morgan fingerprint density at radius 2 is 1.52 bits per heavy atom. The molecule has 0 unspecified atom stereocenters. The quantitative estimate of drug-likeness (QED) is 0.446. The summed E-state index contributed by atoms with van der Waals surface area (Å²) < 4.78 is 15.0. The highest BCUT2D eigenvalue weighted by atomic mass is 16.6. The van der Waals surface area contributed by atoms with Crippen LogP contribution in [0.5, 0.6) is 0 Å². The zero-order valence-corrected chi connectivity index (χ0v) is 11.4. The molecule has 7 nitrogen and oxygen atoms in total. The molecule has 0 aliphatic carbocycles. The summed E-state index contributed by atoms with van der Waals surface area (Å²) in [5.41, 5.74) is -0.260. The van der Waals surface area contributed by atoms with Gasteiger partial charge in [-0.2, -0.15) is 0 Å². The number of hydrogen-bond donors (Lipinski definition) is 1. The smallest absolute Gasteiger partial charge is 0.338 e. The summed E-state index contributed by atoms with van der Waals surface area (Å²) in [4.78, 5) is 22.6. The molecule has 7 heteroatoms. The monoisotopic (exact) mass is 297 g/mol. The van der Waals surface area contributed by atoms with Crippen molar-refractivity contribution in [1.82, 2.24) is 0 Å². The minimum atomic E-state index is -1.43. The van der Waals surface area contributed by atoms with Gasteiger partial charge >= 0.3 is 5.97 Å². The molecule has 0 spiro atoms. The van der Waals surface area contributed by atoms with Crippen LogP contribution in [0.25, 0.3) is 0 Å². The third-order valence-electron chi connectivity index (χ3n) is 2.44. The summed E-state index contributed by atoms with van der Waals surface area (Å²) in [6.45, 7) is 1.02. The highest BCUT2D eigenvalue weighted by molar-refractivity contribution is 6.01. The molecular weight excluding hydrogens is 280 g/mol. The number of aliphatic hydroxyl groups excluding tert-OH is 1. The standard InChI is InChI=1S/C14H18O7/c15-5-6-19-7-8-20-9-10-21-14(18)12-4-2-1-3-11(12)13(16)17/h1-4,15H,5-10H2,(H,16,17)/p-1. The number of carboxylic acid groups (broad SMARTS) is 1. The van der Waals surface area contributed by atoms with Gasteiger partial charge in [0.15, 0.2) is 0 Å². The zero-order chi connectivity index (χ0) is 15.5. The van der Waals surface area contributed by atoms with E-state index in [2.05, 4.69) is 0 Å². The van der Waals surface area contributed by atoms with Gasteiger partial charge in [-0.05, 0) is 6.07 Å². The summed E-state index contributed by atoms with van der Waals surface area (Å²) in [7, 11) is 0. The molecule has 1 aromatic carbocycles. The van der Waals surface area contributed by atoms with Crippen molar-refractivity contribution in [2.75, 3.05) is 39.6 Å². The number of aromatic carboxylic acids is 1. The fourth-order valence-electron chi connectivity index (χ4n) is 1.50. The van der Waals surface area contributed by atoms with Crippen molar-refractivity contribution in [3.8, 4) is 0 Å². The third kappa shape index (κ3) is 6.35. The molecule has 0 bridgehead atoms. The number of esters is 1. The van der Waals surface area contributed by atoms with E-state index >= 15 is 0 Å². The van der Waals surface area contributed by atoms with Gasteiger partial charge in [-0.25, -0.2) is 4.79 Å². The number of carbonyl (C=O) groups excluding carboxylic acids is 2. The van der Waals surface area contributed by atoms with Gasteiger partial charge in [-0.3, -0.25) is 0 Å². The molecule has 0 heterocycles. The van der Waals surface area contributed by atoms with Crippen LogP contribution in [0.1, 0.15) is 20.7 Å². The van der Waals surface area contributed by atoms with Crippen LogP contribution in [0.15, 0.2) is 24.3 Å². The first-order chi connectivity index (χ1) is 10.2. The van der Waals surface area contributed by atoms with Crippen LogP contribution in [0.3, 0.4) is 0 Å². The van der Waals surface area contributed by atoms with Gasteiger partial charge in [-0.15, -0.1) is 0 Å². The van der Waals surface area contributed by atoms with E-state index in [4.69, 9.17) is 19.3 Å². The number of carbonyl (C=O) groups is 2. The average Bonchev–Trinajstić information content (AvgIpc) is 2.49. The predicted octanol–water partition coefficient (Wildman–Crippen LogP) is -0.768. The Hall–Kier alpha value is -1.96. The SMILES string of the molecule is O=C([O-])c1ccccc1C(=O)OCCOCCOCCO. The van der Waals surface area contributed by atoms with Crippen LogP contribution in [-0.2, 0) is 14.2 Å². The first-order valence-corrected chi connectivity index (χ1v) is 6.40. The van der Waals surface area contributed by atoms with Crippen molar-refractivity contribution in [3.63, 3.8) is 0 Å². The molecule has 1 aromatic rings. The van der Waals surface area contributed by atoms with Gasteiger partial charge in [0.1, 0.15) is 6.61 Å². The minimum absolute atomic E-state index is 0.000214. The summed E-state index contributed by atoms with van der Waals surface area (Å²) >= 11 is 0. The molecule has 0 fully saturated rings. The van der Waals surface area contributed by atoms with E-state index in [0.29, 0.717) is 13.2 Å². The van der Waals surface area contributed by atoms with Gasteiger partial charge in [0.2, 0.25) is 0 Å². The fourth-order valence-corrected chi connectivity index (χ4v) is 1.50. The van der Waals surface area contributed by atoms with Gasteiger partial charge in [-0.1, -0.05) is 18.2 Å². The number of aliphatic hydroxyl groups is 1. The van der Waals surface area contributed by atoms with Crippen molar-refractivity contribution < 1.29 is 34.0 Å². The molecule has 0 radical (unpaired) electrons. The van der Waals surface area contributed by atoms with Crippen LogP contribution in [-0.4, -0.2) is 56.7 Å². The number of hydrogen-bond acceptors (Lipinski definition) is 7. The highest BCUT2D eigenvalue weighted by Crippen LogP contribution is 2.09. The molecule has 21 heavy (non-hydrogen) atoms. The Labute approximate surface area is 122 Å². The van der Waals surface area contributed by atoms with Gasteiger partial charge in [0, 0.05) is 5.56 Å². The normalized spacial score (nSPS) is 10.3. The lowest BCUT2D eigenvalue weighted by Gasteiger charge is -2.10. The maximum atomic E-state index is 11.7. The van der Waals surface area contributed by atoms with E-state index in [0.717, 1.165) is 0 Å². The van der Waals surface area contributed by atoms with Crippen molar-refractivity contribution in [1.29, 1.82) is 0 Å². The maximum Gasteiger partial charge on any atom is 0.338 e. The summed E-state index contributed by atoms with van der Waals surface area (Å²) in [5.74, 6) is -2.17. The number of carboxylic acids is 1. The Balaban J connectivity index is 2.27. The largest absolute Gasteiger partial charge is 0.545 e. The Morgan fingerprint density at radius 3 is 2.14 bits per heavy atom. The van der Waals surface area contributed by atoms with Crippen LogP contribution in [0.2, 0.25) is 0 Å². The lowest BCUT2D eigenvalue weighted by Crippen LogP contribution is -2.25. The topological polar surface area (TPSA) is 105 Å². The second-order valence-corrected chi connectivity index (χ2v) is 3.92. The van der Waals surface area contributed by atoms with Crippen molar-refractivity contribution in [2.45, 2.75) is 0 Å². The van der Waals surface area contributed by atoms with Crippen molar-refractivity contribution in [3.05, 3.63) is 35.4 Å². The third-order valence-corrected chi connectivity index (χ3v) is 2.44. The molecule has 0 saturated carbocycles. The van der Waals surface area contributed by atoms with E-state index in [-0.39, 0.29) is 37.6 Å².